The molecule has 4 aromatic rings. The van der Waals surface area contributed by atoms with Gasteiger partial charge in [0.15, 0.2) is 0 Å². The van der Waals surface area contributed by atoms with Crippen molar-refractivity contribution in [1.29, 1.82) is 0 Å². The second kappa shape index (κ2) is 6.66. The van der Waals surface area contributed by atoms with E-state index in [4.69, 9.17) is 4.52 Å². The van der Waals surface area contributed by atoms with E-state index >= 15 is 0 Å². The minimum atomic E-state index is -1.16. The van der Waals surface area contributed by atoms with Gasteiger partial charge in [-0.15, -0.1) is 0 Å². The highest BCUT2D eigenvalue weighted by Gasteiger charge is 2.43. The fourth-order valence-corrected chi connectivity index (χ4v) is 3.35. The molecule has 2 aromatic heterocycles. The van der Waals surface area contributed by atoms with E-state index < -0.39 is 17.5 Å². The highest BCUT2D eigenvalue weighted by atomic mass is 16.5. The summed E-state index contributed by atoms with van der Waals surface area (Å²) in [6, 6.07) is 18.1. The molecule has 1 unspecified atom stereocenters. The first kappa shape index (κ1) is 17.8. The standard InChI is InChI=1S/C21H16N6O3/c1-21(19(28)23-20(29)24-21)14-9-5-8-13(10-14)17-22-18(30-27-17)16-11-15(25-26-16)12-6-3-2-4-7-12/h2-11H,1H3,(H,25,26)(H2,23,24,28,29). The van der Waals surface area contributed by atoms with Crippen LogP contribution in [0.15, 0.2) is 65.2 Å². The molecule has 0 aliphatic carbocycles. The molecule has 3 amide bonds. The van der Waals surface area contributed by atoms with Crippen molar-refractivity contribution < 1.29 is 14.1 Å². The number of benzene rings is 2. The van der Waals surface area contributed by atoms with Crippen molar-refractivity contribution in [2.45, 2.75) is 12.5 Å². The van der Waals surface area contributed by atoms with Crippen LogP contribution in [0, 0.1) is 0 Å². The maximum absolute atomic E-state index is 12.2. The van der Waals surface area contributed by atoms with Crippen molar-refractivity contribution in [2.24, 2.45) is 0 Å². The highest BCUT2D eigenvalue weighted by Crippen LogP contribution is 2.29. The predicted octanol–water partition coefficient (Wildman–Crippen LogP) is 2.85. The van der Waals surface area contributed by atoms with Gasteiger partial charge in [-0.05, 0) is 24.6 Å². The van der Waals surface area contributed by atoms with Crippen molar-refractivity contribution in [3.05, 3.63) is 66.2 Å². The number of urea groups is 1. The van der Waals surface area contributed by atoms with Crippen LogP contribution >= 0.6 is 0 Å². The minimum absolute atomic E-state index is 0.295. The van der Waals surface area contributed by atoms with Crippen molar-refractivity contribution in [1.82, 2.24) is 31.0 Å². The molecule has 1 aliphatic rings. The lowest BCUT2D eigenvalue weighted by molar-refractivity contribution is -0.123. The van der Waals surface area contributed by atoms with Gasteiger partial charge in [0, 0.05) is 11.1 Å². The van der Waals surface area contributed by atoms with E-state index in [1.165, 1.54) is 0 Å². The molecule has 2 aromatic carbocycles. The Hall–Kier alpha value is -4.27. The summed E-state index contributed by atoms with van der Waals surface area (Å²) in [5.41, 5.74) is 2.44. The number of nitrogens with one attached hydrogen (secondary N) is 3. The molecular weight excluding hydrogens is 384 g/mol. The van der Waals surface area contributed by atoms with Gasteiger partial charge in [0.05, 0.1) is 5.69 Å². The van der Waals surface area contributed by atoms with Crippen LogP contribution in [0.3, 0.4) is 0 Å². The lowest BCUT2D eigenvalue weighted by atomic mass is 9.91. The van der Waals surface area contributed by atoms with Gasteiger partial charge in [-0.25, -0.2) is 4.79 Å². The fraction of sp³-hybridized carbons (Fsp3) is 0.0952. The number of imide groups is 1. The largest absolute Gasteiger partial charge is 0.332 e. The summed E-state index contributed by atoms with van der Waals surface area (Å²) < 4.78 is 5.40. The lowest BCUT2D eigenvalue weighted by Crippen LogP contribution is -2.40. The number of nitrogens with zero attached hydrogens (tertiary/aromatic N) is 3. The molecule has 0 saturated carbocycles. The Balaban J connectivity index is 1.45. The molecular formula is C21H16N6O3. The normalized spacial score (nSPS) is 18.3. The number of rotatable bonds is 4. The number of hydrogen-bond acceptors (Lipinski definition) is 6. The smallest absolute Gasteiger partial charge is 0.322 e. The number of H-pyrrole nitrogens is 1. The van der Waals surface area contributed by atoms with E-state index in [-0.39, 0.29) is 0 Å². The molecule has 5 rings (SSSR count). The number of carbonyl (C=O) groups is 2. The number of aromatic nitrogens is 4. The Kier molecular flexibility index (Phi) is 3.95. The lowest BCUT2D eigenvalue weighted by Gasteiger charge is -2.21. The van der Waals surface area contributed by atoms with E-state index in [9.17, 15) is 9.59 Å². The monoisotopic (exact) mass is 400 g/mol. The maximum atomic E-state index is 12.2. The number of carbonyl (C=O) groups excluding carboxylic acids is 2. The molecule has 30 heavy (non-hydrogen) atoms. The molecule has 1 saturated heterocycles. The molecule has 1 atom stereocenters. The molecule has 3 N–H and O–H groups in total. The second-order valence-corrected chi connectivity index (χ2v) is 7.07. The fourth-order valence-electron chi connectivity index (χ4n) is 3.35. The number of aromatic amines is 1. The van der Waals surface area contributed by atoms with Gasteiger partial charge in [0.2, 0.25) is 5.82 Å². The van der Waals surface area contributed by atoms with Crippen LogP contribution < -0.4 is 10.6 Å². The summed E-state index contributed by atoms with van der Waals surface area (Å²) in [6.45, 7) is 1.64. The highest BCUT2D eigenvalue weighted by molar-refractivity contribution is 6.07. The van der Waals surface area contributed by atoms with E-state index in [1.54, 1.807) is 31.2 Å². The van der Waals surface area contributed by atoms with Gasteiger partial charge >= 0.3 is 6.03 Å². The number of hydrogen-bond donors (Lipinski definition) is 3. The van der Waals surface area contributed by atoms with E-state index in [2.05, 4.69) is 31.0 Å². The van der Waals surface area contributed by atoms with Crippen molar-refractivity contribution in [2.75, 3.05) is 0 Å². The van der Waals surface area contributed by atoms with Gasteiger partial charge in [0.25, 0.3) is 11.8 Å². The third-order valence-electron chi connectivity index (χ3n) is 5.05. The predicted molar refractivity (Wildman–Crippen MR) is 107 cm³/mol. The van der Waals surface area contributed by atoms with Crippen LogP contribution in [0.2, 0.25) is 0 Å². The van der Waals surface area contributed by atoms with E-state index in [1.807, 2.05) is 36.4 Å². The Morgan fingerprint density at radius 3 is 2.53 bits per heavy atom. The Labute approximate surface area is 170 Å². The van der Waals surface area contributed by atoms with Crippen LogP contribution in [0.4, 0.5) is 4.79 Å². The van der Waals surface area contributed by atoms with Gasteiger partial charge in [-0.1, -0.05) is 53.7 Å². The summed E-state index contributed by atoms with van der Waals surface area (Å²) in [6.07, 6.45) is 0. The van der Waals surface area contributed by atoms with Gasteiger partial charge < -0.3 is 9.84 Å². The first-order valence-electron chi connectivity index (χ1n) is 9.22. The van der Waals surface area contributed by atoms with E-state index in [0.29, 0.717) is 28.5 Å². The summed E-state index contributed by atoms with van der Waals surface area (Å²) >= 11 is 0. The molecule has 9 heteroatoms. The van der Waals surface area contributed by atoms with Gasteiger partial charge in [-0.2, -0.15) is 10.1 Å². The molecule has 0 spiro atoms. The molecule has 0 radical (unpaired) electrons. The zero-order valence-electron chi connectivity index (χ0n) is 15.8. The zero-order valence-corrected chi connectivity index (χ0v) is 15.8. The molecule has 9 nitrogen and oxygen atoms in total. The van der Waals surface area contributed by atoms with E-state index in [0.717, 1.165) is 11.3 Å². The van der Waals surface area contributed by atoms with Crippen LogP contribution in [-0.4, -0.2) is 32.3 Å². The SMILES string of the molecule is CC1(c2cccc(-c3noc(-c4cc(-c5ccccc5)n[nH]4)n3)c2)NC(=O)NC1=O. The van der Waals surface area contributed by atoms with Gasteiger partial charge in [-0.3, -0.25) is 15.2 Å². The molecule has 1 aliphatic heterocycles. The minimum Gasteiger partial charge on any atom is -0.332 e. The van der Waals surface area contributed by atoms with Crippen LogP contribution in [0.5, 0.6) is 0 Å². The molecule has 148 valence electrons. The van der Waals surface area contributed by atoms with Crippen LogP contribution in [0.1, 0.15) is 12.5 Å². The van der Waals surface area contributed by atoms with Crippen molar-refractivity contribution in [3.63, 3.8) is 0 Å². The third kappa shape index (κ3) is 2.93. The Morgan fingerprint density at radius 2 is 1.77 bits per heavy atom. The summed E-state index contributed by atoms with van der Waals surface area (Å²) in [5, 5.41) is 16.2. The van der Waals surface area contributed by atoms with Crippen molar-refractivity contribution >= 4 is 11.9 Å². The Bertz CT molecular complexity index is 1260. The average Bonchev–Trinajstić information content (AvgIpc) is 3.48. The summed E-state index contributed by atoms with van der Waals surface area (Å²) in [7, 11) is 0. The molecule has 0 bridgehead atoms. The molecule has 3 heterocycles. The van der Waals surface area contributed by atoms with Crippen molar-refractivity contribution in [3.8, 4) is 34.2 Å². The average molecular weight is 400 g/mol. The topological polar surface area (TPSA) is 126 Å². The number of amides is 3. The molecule has 1 fully saturated rings. The zero-order chi connectivity index (χ0) is 20.7. The first-order valence-corrected chi connectivity index (χ1v) is 9.22. The first-order chi connectivity index (χ1) is 14.5. The van der Waals surface area contributed by atoms with Crippen LogP contribution in [0.25, 0.3) is 34.2 Å². The maximum Gasteiger partial charge on any atom is 0.322 e. The quantitative estimate of drug-likeness (QED) is 0.452. The summed E-state index contributed by atoms with van der Waals surface area (Å²) in [5.74, 6) is 0.239. The second-order valence-electron chi connectivity index (χ2n) is 7.07. The third-order valence-corrected chi connectivity index (χ3v) is 5.05. The van der Waals surface area contributed by atoms with Gasteiger partial charge in [0.1, 0.15) is 11.2 Å². The Morgan fingerprint density at radius 1 is 0.967 bits per heavy atom. The van der Waals surface area contributed by atoms with Crippen LogP contribution in [-0.2, 0) is 10.3 Å². The summed E-state index contributed by atoms with van der Waals surface area (Å²) in [4.78, 5) is 28.2.